The Balaban J connectivity index is 2.26. The standard InChI is InChI=1S/C21H35N3O4S/c1-16(2)23-13-11-18(12-14-23)24(20(25)28-21(3,4)5)15-17-9-7-8-10-19(17)22-29(6,26)27/h7-10,16,18,22H,11-15H2,1-6H3. The largest absolute Gasteiger partial charge is 0.444 e. The van der Waals surface area contributed by atoms with Crippen molar-refractivity contribution >= 4 is 21.8 Å². The van der Waals surface area contributed by atoms with Gasteiger partial charge in [-0.15, -0.1) is 0 Å². The molecule has 1 N–H and O–H groups in total. The molecule has 7 nitrogen and oxygen atoms in total. The van der Waals surface area contributed by atoms with E-state index in [1.807, 2.05) is 32.9 Å². The predicted octanol–water partition coefficient (Wildman–Crippen LogP) is 3.67. The molecule has 1 fully saturated rings. The Labute approximate surface area is 175 Å². The Bertz CT molecular complexity index is 794. The van der Waals surface area contributed by atoms with Gasteiger partial charge in [0.15, 0.2) is 0 Å². The van der Waals surface area contributed by atoms with Crippen LogP contribution in [0.5, 0.6) is 0 Å². The fourth-order valence-electron chi connectivity index (χ4n) is 3.52. The van der Waals surface area contributed by atoms with Crippen LogP contribution in [0.15, 0.2) is 24.3 Å². The number of sulfonamides is 1. The van der Waals surface area contributed by atoms with Crippen LogP contribution in [0.2, 0.25) is 0 Å². The minimum atomic E-state index is -3.42. The van der Waals surface area contributed by atoms with E-state index >= 15 is 0 Å². The maximum Gasteiger partial charge on any atom is 0.410 e. The molecule has 1 aliphatic heterocycles. The van der Waals surface area contributed by atoms with Crippen LogP contribution < -0.4 is 4.72 Å². The van der Waals surface area contributed by atoms with Crippen molar-refractivity contribution in [1.29, 1.82) is 0 Å². The summed E-state index contributed by atoms with van der Waals surface area (Å²) < 4.78 is 31.7. The van der Waals surface area contributed by atoms with E-state index in [9.17, 15) is 13.2 Å². The number of amides is 1. The van der Waals surface area contributed by atoms with Gasteiger partial charge in [-0.2, -0.15) is 0 Å². The predicted molar refractivity (Wildman–Crippen MR) is 116 cm³/mol. The molecule has 0 atom stereocenters. The summed E-state index contributed by atoms with van der Waals surface area (Å²) in [4.78, 5) is 17.2. The topological polar surface area (TPSA) is 79.0 Å². The molecule has 8 heteroatoms. The first-order valence-electron chi connectivity index (χ1n) is 10.1. The second-order valence-electron chi connectivity index (χ2n) is 9.00. The molecule has 1 saturated heterocycles. The third-order valence-corrected chi connectivity index (χ3v) is 5.54. The second kappa shape index (κ2) is 9.34. The number of anilines is 1. The minimum Gasteiger partial charge on any atom is -0.444 e. The first-order chi connectivity index (χ1) is 13.4. The molecule has 1 aliphatic rings. The molecule has 0 spiro atoms. The molecule has 0 aliphatic carbocycles. The van der Waals surface area contributed by atoms with E-state index < -0.39 is 15.6 Å². The lowest BCUT2D eigenvalue weighted by Gasteiger charge is -2.40. The van der Waals surface area contributed by atoms with Crippen LogP contribution in [0.25, 0.3) is 0 Å². The number of carbonyl (C=O) groups excluding carboxylic acids is 1. The van der Waals surface area contributed by atoms with E-state index in [-0.39, 0.29) is 12.1 Å². The van der Waals surface area contributed by atoms with E-state index in [2.05, 4.69) is 23.5 Å². The summed E-state index contributed by atoms with van der Waals surface area (Å²) in [7, 11) is -3.42. The van der Waals surface area contributed by atoms with Crippen LogP contribution in [0, 0.1) is 0 Å². The number of carbonyl (C=O) groups is 1. The Morgan fingerprint density at radius 2 is 1.83 bits per heavy atom. The first kappa shape index (κ1) is 23.5. The molecular weight excluding hydrogens is 390 g/mol. The average Bonchev–Trinajstić information content (AvgIpc) is 2.58. The monoisotopic (exact) mass is 425 g/mol. The minimum absolute atomic E-state index is 0.0474. The highest BCUT2D eigenvalue weighted by Crippen LogP contribution is 2.26. The lowest BCUT2D eigenvalue weighted by molar-refractivity contribution is 0.00437. The summed E-state index contributed by atoms with van der Waals surface area (Å²) in [5, 5.41) is 0. The molecule has 2 rings (SSSR count). The van der Waals surface area contributed by atoms with Crippen molar-refractivity contribution in [3.63, 3.8) is 0 Å². The summed E-state index contributed by atoms with van der Waals surface area (Å²) in [6.07, 6.45) is 2.48. The summed E-state index contributed by atoms with van der Waals surface area (Å²) in [6.45, 7) is 12.0. The molecule has 1 aromatic carbocycles. The fourth-order valence-corrected chi connectivity index (χ4v) is 4.12. The number of benzene rings is 1. The van der Waals surface area contributed by atoms with Crippen molar-refractivity contribution in [1.82, 2.24) is 9.80 Å². The van der Waals surface area contributed by atoms with Crippen molar-refractivity contribution < 1.29 is 17.9 Å². The molecular formula is C21H35N3O4S. The van der Waals surface area contributed by atoms with Gasteiger partial charge >= 0.3 is 6.09 Å². The van der Waals surface area contributed by atoms with Gasteiger partial charge in [-0.3, -0.25) is 4.72 Å². The van der Waals surface area contributed by atoms with Gasteiger partial charge in [0, 0.05) is 25.2 Å². The second-order valence-corrected chi connectivity index (χ2v) is 10.7. The summed E-state index contributed by atoms with van der Waals surface area (Å²) in [5.74, 6) is 0. The molecule has 1 heterocycles. The van der Waals surface area contributed by atoms with Gasteiger partial charge in [-0.1, -0.05) is 18.2 Å². The molecule has 0 aromatic heterocycles. The highest BCUT2D eigenvalue weighted by atomic mass is 32.2. The number of piperidine rings is 1. The maximum absolute atomic E-state index is 13.0. The SMILES string of the molecule is CC(C)N1CCC(N(Cc2ccccc2NS(C)(=O)=O)C(=O)OC(C)(C)C)CC1. The highest BCUT2D eigenvalue weighted by molar-refractivity contribution is 7.92. The van der Waals surface area contributed by atoms with Crippen molar-refractivity contribution in [2.24, 2.45) is 0 Å². The van der Waals surface area contributed by atoms with Crippen molar-refractivity contribution in [3.05, 3.63) is 29.8 Å². The molecule has 0 radical (unpaired) electrons. The molecule has 1 aromatic rings. The molecule has 0 bridgehead atoms. The molecule has 1 amide bonds. The molecule has 29 heavy (non-hydrogen) atoms. The van der Waals surface area contributed by atoms with Gasteiger partial charge in [0.1, 0.15) is 5.60 Å². The van der Waals surface area contributed by atoms with Gasteiger partial charge in [0.2, 0.25) is 10.0 Å². The number of nitrogens with one attached hydrogen (secondary N) is 1. The number of likely N-dealkylation sites (tertiary alicyclic amines) is 1. The van der Waals surface area contributed by atoms with Crippen LogP contribution in [-0.2, 0) is 21.3 Å². The Kier molecular flexibility index (Phi) is 7.56. The summed E-state index contributed by atoms with van der Waals surface area (Å²) in [5.41, 5.74) is 0.636. The Hall–Kier alpha value is -1.80. The number of hydrogen-bond acceptors (Lipinski definition) is 5. The van der Waals surface area contributed by atoms with Crippen LogP contribution in [-0.4, -0.2) is 61.3 Å². The first-order valence-corrected chi connectivity index (χ1v) is 12.0. The molecule has 164 valence electrons. The van der Waals surface area contributed by atoms with Crippen molar-refractivity contribution in [2.45, 2.75) is 71.7 Å². The third kappa shape index (κ3) is 7.51. The number of rotatable bonds is 6. The molecule has 0 unspecified atom stereocenters. The zero-order valence-corrected chi connectivity index (χ0v) is 19.3. The van der Waals surface area contributed by atoms with Gasteiger partial charge < -0.3 is 14.5 Å². The lowest BCUT2D eigenvalue weighted by atomic mass is 10.0. The molecule has 0 saturated carbocycles. The average molecular weight is 426 g/mol. The lowest BCUT2D eigenvalue weighted by Crippen LogP contribution is -2.49. The van der Waals surface area contributed by atoms with Crippen LogP contribution >= 0.6 is 0 Å². The van der Waals surface area contributed by atoms with E-state index in [1.54, 1.807) is 17.0 Å². The summed E-state index contributed by atoms with van der Waals surface area (Å²) >= 11 is 0. The smallest absolute Gasteiger partial charge is 0.410 e. The zero-order chi connectivity index (χ0) is 21.8. The highest BCUT2D eigenvalue weighted by Gasteiger charge is 2.32. The number of nitrogens with zero attached hydrogens (tertiary/aromatic N) is 2. The van der Waals surface area contributed by atoms with Gasteiger partial charge in [-0.25, -0.2) is 13.2 Å². The van der Waals surface area contributed by atoms with E-state index in [0.29, 0.717) is 18.3 Å². The van der Waals surface area contributed by atoms with Gasteiger partial charge in [-0.05, 0) is 59.1 Å². The Morgan fingerprint density at radius 3 is 2.34 bits per heavy atom. The van der Waals surface area contributed by atoms with E-state index in [0.717, 1.165) is 37.8 Å². The third-order valence-electron chi connectivity index (χ3n) is 4.95. The van der Waals surface area contributed by atoms with Crippen LogP contribution in [0.3, 0.4) is 0 Å². The Morgan fingerprint density at radius 1 is 1.24 bits per heavy atom. The number of hydrogen-bond donors (Lipinski definition) is 1. The fraction of sp³-hybridized carbons (Fsp3) is 0.667. The zero-order valence-electron chi connectivity index (χ0n) is 18.4. The van der Waals surface area contributed by atoms with Crippen LogP contribution in [0.1, 0.15) is 53.0 Å². The van der Waals surface area contributed by atoms with Gasteiger partial charge in [0.05, 0.1) is 18.5 Å². The van der Waals surface area contributed by atoms with Crippen molar-refractivity contribution in [2.75, 3.05) is 24.1 Å². The van der Waals surface area contributed by atoms with E-state index in [1.165, 1.54) is 0 Å². The van der Waals surface area contributed by atoms with E-state index in [4.69, 9.17) is 4.74 Å². The van der Waals surface area contributed by atoms with Gasteiger partial charge in [0.25, 0.3) is 0 Å². The van der Waals surface area contributed by atoms with Crippen LogP contribution in [0.4, 0.5) is 10.5 Å². The quantitative estimate of drug-likeness (QED) is 0.752. The maximum atomic E-state index is 13.0. The number of ether oxygens (including phenoxy) is 1. The number of para-hydroxylation sites is 1. The normalized spacial score (nSPS) is 16.7. The van der Waals surface area contributed by atoms with Crippen molar-refractivity contribution in [3.8, 4) is 0 Å². The summed E-state index contributed by atoms with van der Waals surface area (Å²) in [6, 6.07) is 7.70.